The number of nitriles is 1. The topological polar surface area (TPSA) is 64.4 Å². The number of carbonyl (C=O) groups excluding carboxylic acids is 2. The van der Waals surface area contributed by atoms with E-state index >= 15 is 0 Å². The maximum absolute atomic E-state index is 12.5. The molecule has 0 aromatic carbocycles. The molecule has 0 bridgehead atoms. The molecule has 6 heteroatoms. The van der Waals surface area contributed by atoms with Gasteiger partial charge in [-0.25, -0.2) is 0 Å². The number of hydrogen-bond acceptors (Lipinski definition) is 4. The summed E-state index contributed by atoms with van der Waals surface area (Å²) >= 11 is 1.31. The normalized spacial score (nSPS) is 19.2. The highest BCUT2D eigenvalue weighted by atomic mass is 32.1. The smallest absolute Gasteiger partial charge is 0.265 e. The summed E-state index contributed by atoms with van der Waals surface area (Å²) in [6.45, 7) is 2.98. The van der Waals surface area contributed by atoms with Gasteiger partial charge >= 0.3 is 0 Å². The lowest BCUT2D eigenvalue weighted by molar-refractivity contribution is -0.135. The number of likely N-dealkylation sites (tertiary alicyclic amines) is 2. The first kappa shape index (κ1) is 15.0. The van der Waals surface area contributed by atoms with Gasteiger partial charge < -0.3 is 9.80 Å². The van der Waals surface area contributed by atoms with Crippen molar-refractivity contribution in [2.75, 3.05) is 26.2 Å². The lowest BCUT2D eigenvalue weighted by Gasteiger charge is -2.33. The highest BCUT2D eigenvalue weighted by Gasteiger charge is 2.32. The van der Waals surface area contributed by atoms with E-state index in [1.54, 1.807) is 16.3 Å². The Morgan fingerprint density at radius 3 is 2.45 bits per heavy atom. The fourth-order valence-corrected chi connectivity index (χ4v) is 4.04. The van der Waals surface area contributed by atoms with Crippen molar-refractivity contribution in [3.63, 3.8) is 0 Å². The van der Waals surface area contributed by atoms with Gasteiger partial charge in [0.05, 0.1) is 5.56 Å². The lowest BCUT2D eigenvalue weighted by Crippen LogP contribution is -2.43. The predicted molar refractivity (Wildman–Crippen MR) is 83.5 cm³/mol. The summed E-state index contributed by atoms with van der Waals surface area (Å²) in [7, 11) is 0. The molecule has 2 aliphatic heterocycles. The second kappa shape index (κ2) is 6.49. The molecular weight excluding hydrogens is 298 g/mol. The first-order chi connectivity index (χ1) is 10.7. The minimum absolute atomic E-state index is 0.0564. The molecule has 2 aliphatic rings. The molecule has 0 aliphatic carbocycles. The van der Waals surface area contributed by atoms with Crippen LogP contribution < -0.4 is 0 Å². The average Bonchev–Trinajstić information content (AvgIpc) is 3.24. The number of amides is 2. The van der Waals surface area contributed by atoms with Crippen LogP contribution in [0.25, 0.3) is 0 Å². The third kappa shape index (κ3) is 2.86. The highest BCUT2D eigenvalue weighted by molar-refractivity contribution is 7.12. The van der Waals surface area contributed by atoms with E-state index in [9.17, 15) is 9.59 Å². The summed E-state index contributed by atoms with van der Waals surface area (Å²) in [5.41, 5.74) is 0.449. The van der Waals surface area contributed by atoms with E-state index in [1.165, 1.54) is 11.3 Å². The summed E-state index contributed by atoms with van der Waals surface area (Å²) in [6.07, 6.45) is 3.68. The van der Waals surface area contributed by atoms with Gasteiger partial charge in [-0.1, -0.05) is 0 Å². The largest absolute Gasteiger partial charge is 0.342 e. The Kier molecular flexibility index (Phi) is 4.44. The second-order valence-corrected chi connectivity index (χ2v) is 6.79. The van der Waals surface area contributed by atoms with Crippen molar-refractivity contribution >= 4 is 23.2 Å². The Labute approximate surface area is 134 Å². The molecule has 0 N–H and O–H groups in total. The number of rotatable bonds is 2. The van der Waals surface area contributed by atoms with Gasteiger partial charge in [0.25, 0.3) is 5.91 Å². The van der Waals surface area contributed by atoms with Gasteiger partial charge in [-0.3, -0.25) is 9.59 Å². The Balaban J connectivity index is 1.58. The van der Waals surface area contributed by atoms with Crippen molar-refractivity contribution in [1.29, 1.82) is 5.26 Å². The first-order valence-corrected chi connectivity index (χ1v) is 8.64. The van der Waals surface area contributed by atoms with Crippen molar-refractivity contribution in [2.24, 2.45) is 5.92 Å². The van der Waals surface area contributed by atoms with Crippen LogP contribution in [0.15, 0.2) is 11.4 Å². The Morgan fingerprint density at radius 2 is 1.82 bits per heavy atom. The van der Waals surface area contributed by atoms with Crippen LogP contribution in [0.3, 0.4) is 0 Å². The van der Waals surface area contributed by atoms with Crippen molar-refractivity contribution in [2.45, 2.75) is 25.7 Å². The fraction of sp³-hybridized carbons (Fsp3) is 0.562. The van der Waals surface area contributed by atoms with Crippen LogP contribution in [0.4, 0.5) is 0 Å². The van der Waals surface area contributed by atoms with Gasteiger partial charge in [-0.15, -0.1) is 11.3 Å². The number of hydrogen-bond donors (Lipinski definition) is 0. The molecule has 22 heavy (non-hydrogen) atoms. The Morgan fingerprint density at radius 1 is 1.14 bits per heavy atom. The van der Waals surface area contributed by atoms with Crippen LogP contribution in [0.2, 0.25) is 0 Å². The monoisotopic (exact) mass is 317 g/mol. The Hall–Kier alpha value is -1.87. The standard InChI is InChI=1S/C16H19N3O2S/c17-11-13-5-10-22-14(13)16(21)19-8-3-12(4-9-19)15(20)18-6-1-2-7-18/h5,10,12H,1-4,6-9H2. The summed E-state index contributed by atoms with van der Waals surface area (Å²) in [6, 6.07) is 3.74. The van der Waals surface area contributed by atoms with Crippen LogP contribution in [0, 0.1) is 17.2 Å². The molecule has 0 spiro atoms. The zero-order valence-corrected chi connectivity index (χ0v) is 13.3. The van der Waals surface area contributed by atoms with Gasteiger partial charge in [0, 0.05) is 32.1 Å². The Bertz CT molecular complexity index is 605. The molecule has 3 heterocycles. The number of carbonyl (C=O) groups is 2. The van der Waals surface area contributed by atoms with Crippen molar-refractivity contribution in [3.05, 3.63) is 21.9 Å². The highest BCUT2D eigenvalue weighted by Crippen LogP contribution is 2.25. The molecule has 2 saturated heterocycles. The minimum Gasteiger partial charge on any atom is -0.342 e. The molecule has 2 amide bonds. The minimum atomic E-state index is -0.0707. The molecule has 0 atom stereocenters. The maximum Gasteiger partial charge on any atom is 0.265 e. The molecule has 3 rings (SSSR count). The van der Waals surface area contributed by atoms with Crippen LogP contribution in [-0.2, 0) is 4.79 Å². The van der Waals surface area contributed by atoms with Crippen LogP contribution in [-0.4, -0.2) is 47.8 Å². The molecular formula is C16H19N3O2S. The van der Waals surface area contributed by atoms with Crippen molar-refractivity contribution in [1.82, 2.24) is 9.80 Å². The van der Waals surface area contributed by atoms with E-state index in [0.717, 1.165) is 38.8 Å². The van der Waals surface area contributed by atoms with Crippen LogP contribution in [0.5, 0.6) is 0 Å². The molecule has 116 valence electrons. The summed E-state index contributed by atoms with van der Waals surface area (Å²) in [5, 5.41) is 10.8. The average molecular weight is 317 g/mol. The van der Waals surface area contributed by atoms with E-state index in [-0.39, 0.29) is 17.7 Å². The van der Waals surface area contributed by atoms with E-state index < -0.39 is 0 Å². The lowest BCUT2D eigenvalue weighted by atomic mass is 9.95. The van der Waals surface area contributed by atoms with Crippen molar-refractivity contribution in [3.8, 4) is 6.07 Å². The molecule has 2 fully saturated rings. The molecule has 0 saturated carbocycles. The van der Waals surface area contributed by atoms with Gasteiger partial charge in [0.2, 0.25) is 5.91 Å². The second-order valence-electron chi connectivity index (χ2n) is 5.87. The summed E-state index contributed by atoms with van der Waals surface area (Å²) < 4.78 is 0. The van der Waals surface area contributed by atoms with Gasteiger partial charge in [-0.05, 0) is 37.1 Å². The van der Waals surface area contributed by atoms with Crippen molar-refractivity contribution < 1.29 is 9.59 Å². The van der Waals surface area contributed by atoms with Gasteiger partial charge in [-0.2, -0.15) is 5.26 Å². The first-order valence-electron chi connectivity index (χ1n) is 7.76. The van der Waals surface area contributed by atoms with Gasteiger partial charge in [0.15, 0.2) is 0 Å². The summed E-state index contributed by atoms with van der Waals surface area (Å²) in [4.78, 5) is 29.1. The zero-order chi connectivity index (χ0) is 15.5. The van der Waals surface area contributed by atoms with Crippen LogP contribution in [0.1, 0.15) is 40.9 Å². The molecule has 1 aromatic rings. The maximum atomic E-state index is 12.5. The molecule has 0 unspecified atom stereocenters. The molecule has 0 radical (unpaired) electrons. The predicted octanol–water partition coefficient (Wildman–Crippen LogP) is 2.09. The van der Waals surface area contributed by atoms with Crippen LogP contribution >= 0.6 is 11.3 Å². The summed E-state index contributed by atoms with van der Waals surface area (Å²) in [5.74, 6) is 0.248. The number of thiophene rings is 1. The van der Waals surface area contributed by atoms with E-state index in [4.69, 9.17) is 5.26 Å². The quantitative estimate of drug-likeness (QED) is 0.839. The van der Waals surface area contributed by atoms with E-state index in [0.29, 0.717) is 23.5 Å². The third-order valence-electron chi connectivity index (χ3n) is 4.53. The van der Waals surface area contributed by atoms with E-state index in [1.807, 2.05) is 4.90 Å². The fourth-order valence-electron chi connectivity index (χ4n) is 3.23. The molecule has 5 nitrogen and oxygen atoms in total. The SMILES string of the molecule is N#Cc1ccsc1C(=O)N1CCC(C(=O)N2CCCC2)CC1. The van der Waals surface area contributed by atoms with E-state index in [2.05, 4.69) is 6.07 Å². The van der Waals surface area contributed by atoms with Gasteiger partial charge in [0.1, 0.15) is 10.9 Å². The molecule has 1 aromatic heterocycles. The zero-order valence-electron chi connectivity index (χ0n) is 12.5. The number of nitrogens with zero attached hydrogens (tertiary/aromatic N) is 3. The number of piperidine rings is 1. The third-order valence-corrected chi connectivity index (χ3v) is 5.43.